The number of benzene rings is 1. The lowest BCUT2D eigenvalue weighted by Crippen LogP contribution is -2.43. The van der Waals surface area contributed by atoms with Crippen LogP contribution < -0.4 is 10.6 Å². The summed E-state index contributed by atoms with van der Waals surface area (Å²) in [4.78, 5) is 24.5. The minimum atomic E-state index is -0.672. The van der Waals surface area contributed by atoms with Crippen LogP contribution in [0.5, 0.6) is 0 Å². The number of aromatic nitrogens is 1. The molecule has 144 valence electrons. The molecule has 0 fully saturated rings. The minimum Gasteiger partial charge on any atom is -0.462 e. The third-order valence-corrected chi connectivity index (χ3v) is 4.07. The maximum absolute atomic E-state index is 12.5. The Bertz CT molecular complexity index is 868. The molecule has 0 aliphatic rings. The number of ether oxygens (including phenoxy) is 1. The molecule has 0 saturated carbocycles. The summed E-state index contributed by atoms with van der Waals surface area (Å²) >= 11 is 0. The van der Waals surface area contributed by atoms with E-state index in [1.54, 1.807) is 13.8 Å². The first-order valence-electron chi connectivity index (χ1n) is 8.64. The molecule has 0 radical (unpaired) electrons. The van der Waals surface area contributed by atoms with Gasteiger partial charge in [-0.05, 0) is 51.8 Å². The summed E-state index contributed by atoms with van der Waals surface area (Å²) in [5.74, 6) is -0.644. The van der Waals surface area contributed by atoms with Crippen molar-refractivity contribution >= 4 is 23.5 Å². The summed E-state index contributed by atoms with van der Waals surface area (Å²) in [6, 6.07) is 7.26. The van der Waals surface area contributed by atoms with Gasteiger partial charge in [-0.15, -0.1) is 0 Å². The van der Waals surface area contributed by atoms with Crippen molar-refractivity contribution in [2.45, 2.75) is 40.2 Å². The summed E-state index contributed by atoms with van der Waals surface area (Å²) < 4.78 is 10.0. The van der Waals surface area contributed by atoms with Gasteiger partial charge in [0.1, 0.15) is 5.56 Å². The van der Waals surface area contributed by atoms with Gasteiger partial charge in [0.15, 0.2) is 0 Å². The Hall–Kier alpha value is -3.09. The third kappa shape index (κ3) is 4.75. The molecule has 0 bridgehead atoms. The Morgan fingerprint density at radius 3 is 2.67 bits per heavy atom. The molecule has 0 aliphatic heterocycles. The molecule has 2 aromatic rings. The summed E-state index contributed by atoms with van der Waals surface area (Å²) in [5, 5.41) is 9.14. The Morgan fingerprint density at radius 2 is 2.04 bits per heavy atom. The molecule has 2 amide bonds. The van der Waals surface area contributed by atoms with Crippen LogP contribution in [0.4, 0.5) is 10.7 Å². The number of carbonyl (C=O) groups is 2. The molecule has 0 atom stereocenters. The van der Waals surface area contributed by atoms with Crippen LogP contribution in [0.25, 0.3) is 5.57 Å². The van der Waals surface area contributed by atoms with Gasteiger partial charge in [-0.2, -0.15) is 0 Å². The van der Waals surface area contributed by atoms with Crippen LogP contribution in [-0.4, -0.2) is 23.8 Å². The van der Waals surface area contributed by atoms with E-state index in [0.29, 0.717) is 5.69 Å². The highest BCUT2D eigenvalue weighted by atomic mass is 16.5. The van der Waals surface area contributed by atoms with E-state index < -0.39 is 17.5 Å². The van der Waals surface area contributed by atoms with Gasteiger partial charge in [0, 0.05) is 0 Å². The number of esters is 1. The maximum atomic E-state index is 12.5. The minimum absolute atomic E-state index is 0.0464. The van der Waals surface area contributed by atoms with E-state index in [4.69, 9.17) is 9.26 Å². The van der Waals surface area contributed by atoms with E-state index in [1.165, 1.54) is 0 Å². The Balaban J connectivity index is 2.17. The fourth-order valence-corrected chi connectivity index (χ4v) is 2.56. The van der Waals surface area contributed by atoms with Crippen LogP contribution in [0.3, 0.4) is 0 Å². The average Bonchev–Trinajstić information content (AvgIpc) is 2.95. The molecule has 7 heteroatoms. The molecule has 0 spiro atoms. The molecule has 2 rings (SSSR count). The Kier molecular flexibility index (Phi) is 6.05. The first-order chi connectivity index (χ1) is 12.7. The molecule has 0 saturated heterocycles. The highest BCUT2D eigenvalue weighted by molar-refractivity contribution is 6.00. The van der Waals surface area contributed by atoms with Gasteiger partial charge in [-0.3, -0.25) is 5.32 Å². The summed E-state index contributed by atoms with van der Waals surface area (Å²) in [6.45, 7) is 13.1. The van der Waals surface area contributed by atoms with E-state index in [9.17, 15) is 9.59 Å². The molecule has 27 heavy (non-hydrogen) atoms. The largest absolute Gasteiger partial charge is 0.462 e. The van der Waals surface area contributed by atoms with Gasteiger partial charge in [0.05, 0.1) is 17.8 Å². The second-order valence-corrected chi connectivity index (χ2v) is 6.76. The van der Waals surface area contributed by atoms with Gasteiger partial charge in [0.2, 0.25) is 5.88 Å². The first kappa shape index (κ1) is 20.2. The van der Waals surface area contributed by atoms with Crippen molar-refractivity contribution in [2.75, 3.05) is 11.9 Å². The molecule has 0 unspecified atom stereocenters. The first-order valence-corrected chi connectivity index (χ1v) is 8.64. The van der Waals surface area contributed by atoms with Crippen molar-refractivity contribution in [3.8, 4) is 0 Å². The number of allylic oxidation sites excluding steroid dienone is 1. The molecule has 0 aliphatic carbocycles. The van der Waals surface area contributed by atoms with E-state index >= 15 is 0 Å². The highest BCUT2D eigenvalue weighted by Gasteiger charge is 2.27. The molecular formula is C20H25N3O4. The Labute approximate surface area is 158 Å². The van der Waals surface area contributed by atoms with Gasteiger partial charge < -0.3 is 14.6 Å². The number of nitrogens with zero attached hydrogens (tertiary/aromatic N) is 1. The van der Waals surface area contributed by atoms with Crippen LogP contribution in [0.1, 0.15) is 54.9 Å². The second-order valence-electron chi connectivity index (χ2n) is 6.76. The quantitative estimate of drug-likeness (QED) is 0.741. The smallest absolute Gasteiger partial charge is 0.345 e. The predicted octanol–water partition coefficient (Wildman–Crippen LogP) is 4.25. The van der Waals surface area contributed by atoms with Crippen molar-refractivity contribution in [2.24, 2.45) is 0 Å². The lowest BCUT2D eigenvalue weighted by molar-refractivity contribution is 0.0526. The normalized spacial score (nSPS) is 11.0. The van der Waals surface area contributed by atoms with Crippen molar-refractivity contribution in [3.63, 3.8) is 0 Å². The van der Waals surface area contributed by atoms with E-state index in [1.807, 2.05) is 45.0 Å². The lowest BCUT2D eigenvalue weighted by Gasteiger charge is -2.27. The molecule has 1 heterocycles. The molecule has 1 aromatic carbocycles. The van der Waals surface area contributed by atoms with Crippen molar-refractivity contribution in [1.29, 1.82) is 0 Å². The van der Waals surface area contributed by atoms with Crippen LogP contribution in [0, 0.1) is 6.92 Å². The van der Waals surface area contributed by atoms with E-state index in [2.05, 4.69) is 22.4 Å². The predicted molar refractivity (Wildman–Crippen MR) is 104 cm³/mol. The molecule has 7 nitrogen and oxygen atoms in total. The number of urea groups is 1. The average molecular weight is 371 g/mol. The monoisotopic (exact) mass is 371 g/mol. The Morgan fingerprint density at radius 1 is 1.33 bits per heavy atom. The zero-order valence-electron chi connectivity index (χ0n) is 16.3. The summed E-state index contributed by atoms with van der Waals surface area (Å²) in [6.07, 6.45) is 0. The number of hydrogen-bond donors (Lipinski definition) is 2. The number of carbonyl (C=O) groups excluding carboxylic acids is 2. The van der Waals surface area contributed by atoms with Crippen LogP contribution in [-0.2, 0) is 10.3 Å². The van der Waals surface area contributed by atoms with Gasteiger partial charge >= 0.3 is 12.0 Å². The van der Waals surface area contributed by atoms with Crippen LogP contribution >= 0.6 is 0 Å². The number of anilines is 1. The maximum Gasteiger partial charge on any atom is 0.345 e. The fraction of sp³-hybridized carbons (Fsp3) is 0.350. The second kappa shape index (κ2) is 8.07. The van der Waals surface area contributed by atoms with Crippen molar-refractivity contribution < 1.29 is 18.8 Å². The summed E-state index contributed by atoms with van der Waals surface area (Å²) in [7, 11) is 0. The van der Waals surface area contributed by atoms with Crippen molar-refractivity contribution in [3.05, 3.63) is 53.2 Å². The number of nitrogens with one attached hydrogen (secondary N) is 2. The third-order valence-electron chi connectivity index (χ3n) is 4.07. The standard InChI is InChI=1S/C20H25N3O4/c1-7-26-18(24)16-13(4)23-27-17(16)21-19(25)22-20(5,6)15-10-8-9-14(11-15)12(2)3/h8-11H,2,7H2,1,3-6H3,(H2,21,22,25). The highest BCUT2D eigenvalue weighted by Crippen LogP contribution is 2.25. The van der Waals surface area contributed by atoms with E-state index in [0.717, 1.165) is 16.7 Å². The van der Waals surface area contributed by atoms with Crippen LogP contribution in [0.15, 0.2) is 35.4 Å². The van der Waals surface area contributed by atoms with Gasteiger partial charge in [-0.1, -0.05) is 35.5 Å². The zero-order chi connectivity index (χ0) is 20.2. The number of aryl methyl sites for hydroxylation is 1. The van der Waals surface area contributed by atoms with E-state index in [-0.39, 0.29) is 18.1 Å². The molecule has 1 aromatic heterocycles. The topological polar surface area (TPSA) is 93.5 Å². The number of rotatable bonds is 6. The SMILES string of the molecule is C=C(C)c1cccc(C(C)(C)NC(=O)Nc2onc(C)c2C(=O)OCC)c1. The zero-order valence-corrected chi connectivity index (χ0v) is 16.3. The van der Waals surface area contributed by atoms with Crippen LogP contribution in [0.2, 0.25) is 0 Å². The van der Waals surface area contributed by atoms with Gasteiger partial charge in [-0.25, -0.2) is 9.59 Å². The summed E-state index contributed by atoms with van der Waals surface area (Å²) in [5.41, 5.74) is 2.63. The molecule has 2 N–H and O–H groups in total. The fourth-order valence-electron chi connectivity index (χ4n) is 2.56. The number of amides is 2. The van der Waals surface area contributed by atoms with Gasteiger partial charge in [0.25, 0.3) is 0 Å². The van der Waals surface area contributed by atoms with Crippen molar-refractivity contribution in [1.82, 2.24) is 10.5 Å². The lowest BCUT2D eigenvalue weighted by atomic mass is 9.92. The molecular weight excluding hydrogens is 346 g/mol. The number of hydrogen-bond acceptors (Lipinski definition) is 5.